The van der Waals surface area contributed by atoms with Gasteiger partial charge in [-0.05, 0) is 42.8 Å². The van der Waals surface area contributed by atoms with Gasteiger partial charge >= 0.3 is 0 Å². The molecule has 0 atom stereocenters. The molecule has 4 rings (SSSR count). The summed E-state index contributed by atoms with van der Waals surface area (Å²) in [6.45, 7) is 1.87. The second-order valence-corrected chi connectivity index (χ2v) is 6.98. The standard InChI is InChI=1S/C20H13NO4S/c1-12-6-7-13(21(23)24)10-16(12)17-9-8-14(25-17)11-19-20(22)15-4-2-3-5-18(15)26-19/h2-11H,1H3/b19-11-. The number of furan rings is 1. The maximum absolute atomic E-state index is 12.4. The minimum absolute atomic E-state index is 0.0129. The molecule has 1 aromatic heterocycles. The summed E-state index contributed by atoms with van der Waals surface area (Å²) in [6, 6.07) is 15.7. The van der Waals surface area contributed by atoms with Gasteiger partial charge < -0.3 is 4.42 Å². The molecule has 0 spiro atoms. The summed E-state index contributed by atoms with van der Waals surface area (Å²) in [4.78, 5) is 24.6. The Kier molecular flexibility index (Phi) is 3.97. The lowest BCUT2D eigenvalue weighted by Crippen LogP contribution is -1.93. The van der Waals surface area contributed by atoms with Crippen molar-refractivity contribution in [3.63, 3.8) is 0 Å². The van der Waals surface area contributed by atoms with Crippen LogP contribution in [-0.4, -0.2) is 10.7 Å². The lowest BCUT2D eigenvalue weighted by molar-refractivity contribution is -0.384. The first kappa shape index (κ1) is 16.4. The van der Waals surface area contributed by atoms with Gasteiger partial charge in [0.15, 0.2) is 0 Å². The SMILES string of the molecule is Cc1ccc([N+](=O)[O-])cc1-c1ccc(/C=C2\Sc3ccccc3C2=O)o1. The monoisotopic (exact) mass is 363 g/mol. The van der Waals surface area contributed by atoms with Crippen LogP contribution in [0.15, 0.2) is 68.8 Å². The zero-order valence-electron chi connectivity index (χ0n) is 13.8. The molecular formula is C20H13NO4S. The highest BCUT2D eigenvalue weighted by Gasteiger charge is 2.25. The number of allylic oxidation sites excluding steroid dienone is 1. The van der Waals surface area contributed by atoms with Gasteiger partial charge in [-0.1, -0.05) is 30.0 Å². The average Bonchev–Trinajstić information content (AvgIpc) is 3.21. The predicted molar refractivity (Wildman–Crippen MR) is 100 cm³/mol. The maximum Gasteiger partial charge on any atom is 0.270 e. The zero-order chi connectivity index (χ0) is 18.3. The summed E-state index contributed by atoms with van der Waals surface area (Å²) < 4.78 is 5.83. The van der Waals surface area contributed by atoms with Gasteiger partial charge in [-0.2, -0.15) is 0 Å². The molecule has 0 saturated heterocycles. The summed E-state index contributed by atoms with van der Waals surface area (Å²) in [5.74, 6) is 1.05. The highest BCUT2D eigenvalue weighted by molar-refractivity contribution is 8.04. The number of hydrogen-bond acceptors (Lipinski definition) is 5. The van der Waals surface area contributed by atoms with Crippen molar-refractivity contribution in [3.05, 3.63) is 86.5 Å². The molecule has 0 radical (unpaired) electrons. The number of thioether (sulfide) groups is 1. The number of Topliss-reactive ketones (excluding diaryl/α,β-unsaturated/α-hetero) is 1. The first-order valence-electron chi connectivity index (χ1n) is 7.91. The Morgan fingerprint density at radius 1 is 1.08 bits per heavy atom. The number of nitrogens with zero attached hydrogens (tertiary/aromatic N) is 1. The molecule has 0 unspecified atom stereocenters. The zero-order valence-corrected chi connectivity index (χ0v) is 14.6. The number of benzene rings is 2. The van der Waals surface area contributed by atoms with Crippen LogP contribution in [0, 0.1) is 17.0 Å². The average molecular weight is 363 g/mol. The normalized spacial score (nSPS) is 14.7. The van der Waals surface area contributed by atoms with Crippen LogP contribution < -0.4 is 0 Å². The largest absolute Gasteiger partial charge is 0.457 e. The summed E-state index contributed by atoms with van der Waals surface area (Å²) in [6.07, 6.45) is 1.71. The lowest BCUT2D eigenvalue weighted by Gasteiger charge is -2.02. The van der Waals surface area contributed by atoms with Crippen LogP contribution in [0.3, 0.4) is 0 Å². The number of carbonyl (C=O) groups excluding carboxylic acids is 1. The van der Waals surface area contributed by atoms with Gasteiger partial charge in [-0.25, -0.2) is 0 Å². The minimum Gasteiger partial charge on any atom is -0.457 e. The minimum atomic E-state index is -0.431. The molecule has 0 amide bonds. The number of ketones is 1. The topological polar surface area (TPSA) is 73.3 Å². The van der Waals surface area contributed by atoms with E-state index in [2.05, 4.69) is 0 Å². The fourth-order valence-corrected chi connectivity index (χ4v) is 3.86. The van der Waals surface area contributed by atoms with Gasteiger partial charge in [-0.15, -0.1) is 0 Å². The van der Waals surface area contributed by atoms with Crippen LogP contribution in [0.4, 0.5) is 5.69 Å². The van der Waals surface area contributed by atoms with Crippen molar-refractivity contribution in [3.8, 4) is 11.3 Å². The predicted octanol–water partition coefficient (Wildman–Crippen LogP) is 5.49. The fraction of sp³-hybridized carbons (Fsp3) is 0.0500. The second-order valence-electron chi connectivity index (χ2n) is 5.89. The van der Waals surface area contributed by atoms with Crippen LogP contribution in [0.1, 0.15) is 21.7 Å². The summed E-state index contributed by atoms with van der Waals surface area (Å²) >= 11 is 1.42. The van der Waals surface area contributed by atoms with E-state index in [9.17, 15) is 14.9 Å². The molecule has 0 fully saturated rings. The van der Waals surface area contributed by atoms with Gasteiger partial charge in [0.2, 0.25) is 5.78 Å². The highest BCUT2D eigenvalue weighted by atomic mass is 32.2. The number of fused-ring (bicyclic) bond motifs is 1. The summed E-state index contributed by atoms with van der Waals surface area (Å²) in [5.41, 5.74) is 2.25. The Labute approximate surface area is 153 Å². The smallest absolute Gasteiger partial charge is 0.270 e. The Balaban J connectivity index is 1.67. The van der Waals surface area contributed by atoms with Crippen molar-refractivity contribution in [2.24, 2.45) is 0 Å². The number of aryl methyl sites for hydroxylation is 1. The molecule has 5 nitrogen and oxygen atoms in total. The van der Waals surface area contributed by atoms with Crippen molar-refractivity contribution < 1.29 is 14.1 Å². The molecule has 26 heavy (non-hydrogen) atoms. The van der Waals surface area contributed by atoms with Crippen molar-refractivity contribution in [1.82, 2.24) is 0 Å². The quantitative estimate of drug-likeness (QED) is 0.349. The maximum atomic E-state index is 12.4. The summed E-state index contributed by atoms with van der Waals surface area (Å²) in [7, 11) is 0. The van der Waals surface area contributed by atoms with E-state index in [-0.39, 0.29) is 11.5 Å². The molecule has 6 heteroatoms. The highest BCUT2D eigenvalue weighted by Crippen LogP contribution is 2.41. The number of nitro benzene ring substituents is 1. The second kappa shape index (κ2) is 6.31. The first-order valence-corrected chi connectivity index (χ1v) is 8.73. The van der Waals surface area contributed by atoms with Crippen LogP contribution in [0.5, 0.6) is 0 Å². The Morgan fingerprint density at radius 2 is 1.88 bits per heavy atom. The van der Waals surface area contributed by atoms with Crippen molar-refractivity contribution in [1.29, 1.82) is 0 Å². The molecule has 2 heterocycles. The van der Waals surface area contributed by atoms with Gasteiger partial charge in [-0.3, -0.25) is 14.9 Å². The van der Waals surface area contributed by atoms with Gasteiger partial charge in [0, 0.05) is 28.2 Å². The number of nitro groups is 1. The summed E-state index contributed by atoms with van der Waals surface area (Å²) in [5, 5.41) is 11.0. The Morgan fingerprint density at radius 3 is 2.65 bits per heavy atom. The third-order valence-corrected chi connectivity index (χ3v) is 5.27. The molecule has 0 bridgehead atoms. The third-order valence-electron chi connectivity index (χ3n) is 4.17. The van der Waals surface area contributed by atoms with Crippen LogP contribution in [0.2, 0.25) is 0 Å². The van der Waals surface area contributed by atoms with E-state index in [0.717, 1.165) is 10.5 Å². The molecule has 3 aromatic rings. The van der Waals surface area contributed by atoms with Crippen LogP contribution in [-0.2, 0) is 0 Å². The van der Waals surface area contributed by atoms with E-state index in [4.69, 9.17) is 4.42 Å². The number of hydrogen-bond donors (Lipinski definition) is 0. The van der Waals surface area contributed by atoms with Gasteiger partial charge in [0.05, 0.1) is 9.83 Å². The molecule has 0 N–H and O–H groups in total. The Hall–Kier alpha value is -3.12. The molecule has 2 aromatic carbocycles. The van der Waals surface area contributed by atoms with E-state index >= 15 is 0 Å². The number of carbonyl (C=O) groups is 1. The van der Waals surface area contributed by atoms with E-state index < -0.39 is 4.92 Å². The lowest BCUT2D eigenvalue weighted by atomic mass is 10.1. The first-order chi connectivity index (χ1) is 12.5. The van der Waals surface area contributed by atoms with Crippen molar-refractivity contribution in [2.45, 2.75) is 11.8 Å². The van der Waals surface area contributed by atoms with Gasteiger partial charge in [0.1, 0.15) is 11.5 Å². The van der Waals surface area contributed by atoms with E-state index in [0.29, 0.717) is 27.6 Å². The number of rotatable bonds is 3. The van der Waals surface area contributed by atoms with E-state index in [1.165, 1.54) is 23.9 Å². The molecule has 0 aliphatic carbocycles. The van der Waals surface area contributed by atoms with Crippen molar-refractivity contribution >= 4 is 29.3 Å². The molecule has 128 valence electrons. The fourth-order valence-electron chi connectivity index (χ4n) is 2.83. The number of non-ortho nitro benzene ring substituents is 1. The Bertz CT molecular complexity index is 1080. The third kappa shape index (κ3) is 2.84. The van der Waals surface area contributed by atoms with E-state index in [1.807, 2.05) is 31.2 Å². The van der Waals surface area contributed by atoms with Crippen molar-refractivity contribution in [2.75, 3.05) is 0 Å². The molecule has 0 saturated carbocycles. The van der Waals surface area contributed by atoms with Crippen LogP contribution in [0.25, 0.3) is 17.4 Å². The molecular weight excluding hydrogens is 350 g/mol. The molecule has 1 aliphatic rings. The molecule has 1 aliphatic heterocycles. The van der Waals surface area contributed by atoms with E-state index in [1.54, 1.807) is 24.3 Å². The van der Waals surface area contributed by atoms with Crippen LogP contribution >= 0.6 is 11.8 Å². The van der Waals surface area contributed by atoms with Gasteiger partial charge in [0.25, 0.3) is 5.69 Å².